The minimum Gasteiger partial charge on any atom is -0.359 e. The molecule has 0 heterocycles. The molecule has 1 aliphatic carbocycles. The van der Waals surface area contributed by atoms with E-state index in [1.165, 1.54) is 0 Å². The van der Waals surface area contributed by atoms with E-state index in [0.717, 1.165) is 6.08 Å². The maximum Gasteiger partial charge on any atom is 0.210 e. The summed E-state index contributed by atoms with van der Waals surface area (Å²) >= 11 is 0. The Labute approximate surface area is 83.0 Å². The first-order valence-electron chi connectivity index (χ1n) is 4.27. The van der Waals surface area contributed by atoms with Crippen LogP contribution >= 0.6 is 0 Å². The zero-order valence-corrected chi connectivity index (χ0v) is 7.86. The van der Waals surface area contributed by atoms with Gasteiger partial charge in [0, 0.05) is 5.57 Å². The second kappa shape index (κ2) is 3.92. The van der Waals surface area contributed by atoms with Gasteiger partial charge in [0.25, 0.3) is 0 Å². The second-order valence-corrected chi connectivity index (χ2v) is 3.18. The molecule has 0 aliphatic heterocycles. The van der Waals surface area contributed by atoms with Crippen molar-refractivity contribution in [1.29, 1.82) is 0 Å². The average Bonchev–Trinajstić information content (AvgIpc) is 2.17. The summed E-state index contributed by atoms with van der Waals surface area (Å²) in [6, 6.07) is 0. The van der Waals surface area contributed by atoms with Crippen LogP contribution in [-0.4, -0.2) is 22.6 Å². The van der Waals surface area contributed by atoms with Gasteiger partial charge in [-0.25, -0.2) is 5.11 Å². The van der Waals surface area contributed by atoms with Gasteiger partial charge in [-0.2, -0.15) is 0 Å². The van der Waals surface area contributed by atoms with Gasteiger partial charge in [-0.1, -0.05) is 25.3 Å². The largest absolute Gasteiger partial charge is 0.359 e. The Bertz CT molecular complexity index is 321. The topological polar surface area (TPSA) is 60.4 Å². The molecule has 0 amide bonds. The van der Waals surface area contributed by atoms with Crippen molar-refractivity contribution in [2.75, 3.05) is 6.61 Å². The van der Waals surface area contributed by atoms with Crippen molar-refractivity contribution in [3.8, 4) is 0 Å². The minimum atomic E-state index is -2.15. The summed E-state index contributed by atoms with van der Waals surface area (Å²) in [7, 11) is 0. The van der Waals surface area contributed by atoms with Gasteiger partial charge in [0.05, 0.1) is 0 Å². The third-order valence-electron chi connectivity index (χ3n) is 2.17. The fourth-order valence-corrected chi connectivity index (χ4v) is 1.47. The van der Waals surface area contributed by atoms with Crippen LogP contribution in [0.5, 0.6) is 0 Å². The predicted octanol–water partition coefficient (Wildman–Crippen LogP) is 1.10. The number of aliphatic hydroxyl groups is 2. The van der Waals surface area contributed by atoms with E-state index >= 15 is 0 Å². The number of hydrogen-bond acceptors (Lipinski definition) is 2. The highest BCUT2D eigenvalue weighted by Gasteiger charge is 2.30. The van der Waals surface area contributed by atoms with Gasteiger partial charge in [-0.15, -0.1) is 0 Å². The van der Waals surface area contributed by atoms with Crippen LogP contribution in [0.15, 0.2) is 48.1 Å². The van der Waals surface area contributed by atoms with E-state index in [1.54, 1.807) is 12.2 Å². The average molecular weight is 193 g/mol. The first kappa shape index (κ1) is 10.9. The van der Waals surface area contributed by atoms with Crippen molar-refractivity contribution in [3.63, 3.8) is 0 Å². The SMILES string of the molecule is C=CC(O)(O)C1=C(C[O])C=CCC1=C. The van der Waals surface area contributed by atoms with Crippen LogP contribution in [0.2, 0.25) is 0 Å². The highest BCUT2D eigenvalue weighted by molar-refractivity contribution is 5.49. The van der Waals surface area contributed by atoms with Gasteiger partial charge in [0.15, 0.2) is 0 Å². The zero-order chi connectivity index (χ0) is 10.8. The maximum absolute atomic E-state index is 10.8. The van der Waals surface area contributed by atoms with Crippen LogP contribution in [0.3, 0.4) is 0 Å². The van der Waals surface area contributed by atoms with E-state index in [9.17, 15) is 15.3 Å². The van der Waals surface area contributed by atoms with Gasteiger partial charge in [0.1, 0.15) is 6.61 Å². The third kappa shape index (κ3) is 1.85. The Kier molecular flexibility index (Phi) is 3.06. The normalized spacial score (nSPS) is 17.5. The van der Waals surface area contributed by atoms with Gasteiger partial charge >= 0.3 is 0 Å². The van der Waals surface area contributed by atoms with Crippen LogP contribution in [0.25, 0.3) is 0 Å². The monoisotopic (exact) mass is 193 g/mol. The van der Waals surface area contributed by atoms with Crippen LogP contribution in [-0.2, 0) is 5.11 Å². The number of allylic oxidation sites excluding steroid dienone is 1. The van der Waals surface area contributed by atoms with Gasteiger partial charge in [-0.05, 0) is 23.6 Å². The summed E-state index contributed by atoms with van der Waals surface area (Å²) < 4.78 is 0. The lowest BCUT2D eigenvalue weighted by molar-refractivity contribution is -0.0834. The van der Waals surface area contributed by atoms with Gasteiger partial charge in [0.2, 0.25) is 5.79 Å². The smallest absolute Gasteiger partial charge is 0.210 e. The molecular formula is C11H13O3. The first-order valence-corrected chi connectivity index (χ1v) is 4.27. The Morgan fingerprint density at radius 2 is 2.21 bits per heavy atom. The van der Waals surface area contributed by atoms with Gasteiger partial charge < -0.3 is 10.2 Å². The molecule has 3 heteroatoms. The molecule has 1 rings (SSSR count). The molecular weight excluding hydrogens is 180 g/mol. The van der Waals surface area contributed by atoms with E-state index in [-0.39, 0.29) is 5.57 Å². The molecule has 0 fully saturated rings. The highest BCUT2D eigenvalue weighted by atomic mass is 16.5. The minimum absolute atomic E-state index is 0.185. The number of rotatable bonds is 3. The summed E-state index contributed by atoms with van der Waals surface area (Å²) in [5.41, 5.74) is 1.08. The summed E-state index contributed by atoms with van der Waals surface area (Å²) in [5, 5.41) is 29.9. The molecule has 1 aliphatic rings. The van der Waals surface area contributed by atoms with Crippen molar-refractivity contribution >= 4 is 0 Å². The first-order chi connectivity index (χ1) is 6.53. The van der Waals surface area contributed by atoms with E-state index in [4.69, 9.17) is 0 Å². The predicted molar refractivity (Wildman–Crippen MR) is 52.8 cm³/mol. The standard InChI is InChI=1S/C11H13O3/c1-3-11(13,14)10-8(2)5-4-6-9(10)7-12/h3-4,6,13-14H,1-2,5,7H2. The van der Waals surface area contributed by atoms with Crippen molar-refractivity contribution in [1.82, 2.24) is 0 Å². The van der Waals surface area contributed by atoms with E-state index in [2.05, 4.69) is 13.2 Å². The van der Waals surface area contributed by atoms with Crippen molar-refractivity contribution in [2.45, 2.75) is 12.2 Å². The van der Waals surface area contributed by atoms with Crippen LogP contribution in [0.1, 0.15) is 6.42 Å². The molecule has 0 saturated heterocycles. The molecule has 0 atom stereocenters. The van der Waals surface area contributed by atoms with Crippen molar-refractivity contribution < 1.29 is 15.3 Å². The van der Waals surface area contributed by atoms with Crippen molar-refractivity contribution in [2.24, 2.45) is 0 Å². The molecule has 0 aromatic heterocycles. The third-order valence-corrected chi connectivity index (χ3v) is 2.17. The molecule has 0 aromatic rings. The Morgan fingerprint density at radius 1 is 1.57 bits per heavy atom. The van der Waals surface area contributed by atoms with E-state index in [1.807, 2.05) is 0 Å². The summed E-state index contributed by atoms with van der Waals surface area (Å²) in [5.74, 6) is -2.15. The summed E-state index contributed by atoms with van der Waals surface area (Å²) in [4.78, 5) is 0. The molecule has 0 aromatic carbocycles. The molecule has 0 bridgehead atoms. The van der Waals surface area contributed by atoms with E-state index < -0.39 is 12.4 Å². The Balaban J connectivity index is 3.24. The fourth-order valence-electron chi connectivity index (χ4n) is 1.47. The molecule has 1 radical (unpaired) electrons. The molecule has 0 spiro atoms. The Hall–Kier alpha value is -1.16. The van der Waals surface area contributed by atoms with E-state index in [0.29, 0.717) is 17.6 Å². The second-order valence-electron chi connectivity index (χ2n) is 3.18. The fraction of sp³-hybridized carbons (Fsp3) is 0.273. The van der Waals surface area contributed by atoms with Crippen LogP contribution in [0, 0.1) is 0 Å². The lowest BCUT2D eigenvalue weighted by Gasteiger charge is -2.26. The van der Waals surface area contributed by atoms with Crippen LogP contribution < -0.4 is 0 Å². The van der Waals surface area contributed by atoms with Crippen LogP contribution in [0.4, 0.5) is 0 Å². The molecule has 0 unspecified atom stereocenters. The molecule has 2 N–H and O–H groups in total. The molecule has 14 heavy (non-hydrogen) atoms. The lowest BCUT2D eigenvalue weighted by atomic mass is 9.87. The van der Waals surface area contributed by atoms with Gasteiger partial charge in [-0.3, -0.25) is 0 Å². The zero-order valence-electron chi connectivity index (χ0n) is 7.86. The van der Waals surface area contributed by atoms with Crippen molar-refractivity contribution in [3.05, 3.63) is 48.1 Å². The lowest BCUT2D eigenvalue weighted by Crippen LogP contribution is -2.30. The molecule has 75 valence electrons. The summed E-state index contributed by atoms with van der Waals surface area (Å²) in [6.45, 7) is 6.50. The molecule has 3 nitrogen and oxygen atoms in total. The maximum atomic E-state index is 10.8. The molecule has 0 saturated carbocycles. The highest BCUT2D eigenvalue weighted by Crippen LogP contribution is 2.31. The Morgan fingerprint density at radius 3 is 2.71 bits per heavy atom. The number of hydrogen-bond donors (Lipinski definition) is 2. The summed E-state index contributed by atoms with van der Waals surface area (Å²) in [6.07, 6.45) is 4.89. The quantitative estimate of drug-likeness (QED) is 0.520.